The zero-order valence-electron chi connectivity index (χ0n) is 13.0. The Bertz CT molecular complexity index is 518. The van der Waals surface area contributed by atoms with Crippen molar-refractivity contribution < 1.29 is 9.90 Å². The van der Waals surface area contributed by atoms with Crippen LogP contribution in [0.2, 0.25) is 0 Å². The number of nitrogens with zero attached hydrogens (tertiary/aromatic N) is 2. The molecule has 116 valence electrons. The van der Waals surface area contributed by atoms with E-state index in [1.54, 1.807) is 6.20 Å². The maximum atomic E-state index is 12.4. The maximum absolute atomic E-state index is 12.4. The first-order valence-corrected chi connectivity index (χ1v) is 7.74. The highest BCUT2D eigenvalue weighted by Crippen LogP contribution is 2.21. The number of nitrogens with one attached hydrogen (secondary N) is 1. The number of carbonyl (C=O) groups excluding carboxylic acids is 1. The predicted molar refractivity (Wildman–Crippen MR) is 82.2 cm³/mol. The van der Waals surface area contributed by atoms with Crippen molar-refractivity contribution in [3.05, 3.63) is 29.6 Å². The van der Waals surface area contributed by atoms with E-state index in [1.807, 2.05) is 23.8 Å². The fourth-order valence-corrected chi connectivity index (χ4v) is 2.91. The standard InChI is InChI=1S/C16H25N3O2/c1-4-14(5-2)19-11(3)15(9-17-19)16(21)18-13-7-6-12(8-13)10-20/h6-7,9,12-14,20H,4-5,8,10H2,1-3H3,(H,18,21)/t12-,13+/m0/s1. The van der Waals surface area contributed by atoms with E-state index in [1.165, 1.54) is 0 Å². The molecule has 0 radical (unpaired) electrons. The molecular formula is C16H25N3O2. The van der Waals surface area contributed by atoms with Crippen molar-refractivity contribution in [3.63, 3.8) is 0 Å². The largest absolute Gasteiger partial charge is 0.396 e. The molecular weight excluding hydrogens is 266 g/mol. The minimum Gasteiger partial charge on any atom is -0.396 e. The molecule has 21 heavy (non-hydrogen) atoms. The summed E-state index contributed by atoms with van der Waals surface area (Å²) in [4.78, 5) is 12.4. The van der Waals surface area contributed by atoms with Crippen molar-refractivity contribution in [3.8, 4) is 0 Å². The molecule has 1 heterocycles. The topological polar surface area (TPSA) is 67.2 Å². The molecule has 0 fully saturated rings. The third-order valence-corrected chi connectivity index (χ3v) is 4.30. The zero-order valence-corrected chi connectivity index (χ0v) is 13.0. The van der Waals surface area contributed by atoms with Crippen LogP contribution in [0, 0.1) is 12.8 Å². The Morgan fingerprint density at radius 2 is 2.19 bits per heavy atom. The summed E-state index contributed by atoms with van der Waals surface area (Å²) in [5.41, 5.74) is 1.56. The van der Waals surface area contributed by atoms with Gasteiger partial charge < -0.3 is 10.4 Å². The summed E-state index contributed by atoms with van der Waals surface area (Å²) in [6, 6.07) is 0.349. The molecule has 5 heteroatoms. The zero-order chi connectivity index (χ0) is 15.4. The summed E-state index contributed by atoms with van der Waals surface area (Å²) < 4.78 is 1.95. The normalized spacial score (nSPS) is 21.2. The lowest BCUT2D eigenvalue weighted by Gasteiger charge is -2.16. The summed E-state index contributed by atoms with van der Waals surface area (Å²) in [5.74, 6) is 0.0710. The molecule has 0 aliphatic heterocycles. The van der Waals surface area contributed by atoms with Crippen LogP contribution in [0.3, 0.4) is 0 Å². The van der Waals surface area contributed by atoms with Gasteiger partial charge in [0, 0.05) is 24.3 Å². The second-order valence-electron chi connectivity index (χ2n) is 5.70. The summed E-state index contributed by atoms with van der Waals surface area (Å²) in [6.45, 7) is 6.34. The highest BCUT2D eigenvalue weighted by molar-refractivity contribution is 5.95. The van der Waals surface area contributed by atoms with E-state index in [4.69, 9.17) is 5.11 Å². The van der Waals surface area contributed by atoms with E-state index in [0.29, 0.717) is 11.6 Å². The van der Waals surface area contributed by atoms with E-state index in [-0.39, 0.29) is 24.5 Å². The van der Waals surface area contributed by atoms with Gasteiger partial charge in [-0.05, 0) is 26.2 Å². The van der Waals surface area contributed by atoms with E-state index >= 15 is 0 Å². The summed E-state index contributed by atoms with van der Waals surface area (Å²) in [6.07, 6.45) is 8.35. The van der Waals surface area contributed by atoms with Crippen LogP contribution in [-0.2, 0) is 0 Å². The van der Waals surface area contributed by atoms with Gasteiger partial charge >= 0.3 is 0 Å². The van der Waals surface area contributed by atoms with Crippen molar-refractivity contribution in [2.24, 2.45) is 5.92 Å². The Balaban J connectivity index is 2.05. The van der Waals surface area contributed by atoms with Crippen LogP contribution in [0.1, 0.15) is 55.2 Å². The van der Waals surface area contributed by atoms with Gasteiger partial charge in [0.25, 0.3) is 5.91 Å². The van der Waals surface area contributed by atoms with Crippen LogP contribution < -0.4 is 5.32 Å². The van der Waals surface area contributed by atoms with Gasteiger partial charge in [0.05, 0.1) is 17.8 Å². The van der Waals surface area contributed by atoms with E-state index in [9.17, 15) is 4.79 Å². The predicted octanol–water partition coefficient (Wildman–Crippen LogP) is 2.22. The van der Waals surface area contributed by atoms with Crippen molar-refractivity contribution in [2.75, 3.05) is 6.61 Å². The molecule has 2 N–H and O–H groups in total. The SMILES string of the molecule is CCC(CC)n1ncc(C(=O)N[C@@H]2C=C[C@H](CO)C2)c1C. The van der Waals surface area contributed by atoms with Gasteiger partial charge in [-0.15, -0.1) is 0 Å². The molecule has 0 saturated carbocycles. The molecule has 0 aromatic carbocycles. The van der Waals surface area contributed by atoms with Crippen LogP contribution in [0.5, 0.6) is 0 Å². The molecule has 0 saturated heterocycles. The molecule has 0 spiro atoms. The summed E-state index contributed by atoms with van der Waals surface area (Å²) >= 11 is 0. The maximum Gasteiger partial charge on any atom is 0.255 e. The van der Waals surface area contributed by atoms with Crippen LogP contribution in [0.15, 0.2) is 18.3 Å². The van der Waals surface area contributed by atoms with E-state index < -0.39 is 0 Å². The number of aliphatic hydroxyl groups is 1. The van der Waals surface area contributed by atoms with Crippen molar-refractivity contribution in [2.45, 2.75) is 52.1 Å². The Morgan fingerprint density at radius 3 is 2.76 bits per heavy atom. The van der Waals surface area contributed by atoms with Gasteiger partial charge in [-0.3, -0.25) is 9.48 Å². The number of hydrogen-bond donors (Lipinski definition) is 2. The Labute approximate surface area is 126 Å². The molecule has 1 aromatic rings. The second kappa shape index (κ2) is 6.89. The van der Waals surface area contributed by atoms with Crippen LogP contribution >= 0.6 is 0 Å². The highest BCUT2D eigenvalue weighted by atomic mass is 16.3. The number of aliphatic hydroxyl groups excluding tert-OH is 1. The van der Waals surface area contributed by atoms with Gasteiger partial charge in [0.2, 0.25) is 0 Å². The summed E-state index contributed by atoms with van der Waals surface area (Å²) in [5, 5.41) is 16.5. The van der Waals surface area contributed by atoms with Crippen molar-refractivity contribution >= 4 is 5.91 Å². The minimum atomic E-state index is -0.0852. The Hall–Kier alpha value is -1.62. The minimum absolute atomic E-state index is 0.00514. The van der Waals surface area contributed by atoms with Gasteiger partial charge in [-0.2, -0.15) is 5.10 Å². The van der Waals surface area contributed by atoms with Gasteiger partial charge in [-0.1, -0.05) is 26.0 Å². The molecule has 1 amide bonds. The third-order valence-electron chi connectivity index (χ3n) is 4.30. The first-order valence-electron chi connectivity index (χ1n) is 7.74. The van der Waals surface area contributed by atoms with E-state index in [2.05, 4.69) is 24.3 Å². The number of hydrogen-bond acceptors (Lipinski definition) is 3. The molecule has 5 nitrogen and oxygen atoms in total. The lowest BCUT2D eigenvalue weighted by atomic mass is 10.1. The number of rotatable bonds is 6. The molecule has 0 unspecified atom stereocenters. The molecule has 2 atom stereocenters. The van der Waals surface area contributed by atoms with Crippen LogP contribution in [-0.4, -0.2) is 33.4 Å². The fraction of sp³-hybridized carbons (Fsp3) is 0.625. The quantitative estimate of drug-likeness (QED) is 0.790. The fourth-order valence-electron chi connectivity index (χ4n) is 2.91. The van der Waals surface area contributed by atoms with Gasteiger partial charge in [0.1, 0.15) is 0 Å². The third kappa shape index (κ3) is 3.35. The molecule has 0 bridgehead atoms. The Morgan fingerprint density at radius 1 is 1.48 bits per heavy atom. The molecule has 2 rings (SSSR count). The van der Waals surface area contributed by atoms with Crippen molar-refractivity contribution in [1.29, 1.82) is 0 Å². The number of carbonyl (C=O) groups is 1. The monoisotopic (exact) mass is 291 g/mol. The number of aromatic nitrogens is 2. The molecule has 1 aliphatic rings. The Kier molecular flexibility index (Phi) is 5.17. The smallest absolute Gasteiger partial charge is 0.255 e. The first kappa shape index (κ1) is 15.8. The van der Waals surface area contributed by atoms with Crippen LogP contribution in [0.4, 0.5) is 0 Å². The lowest BCUT2D eigenvalue weighted by molar-refractivity contribution is 0.0940. The average molecular weight is 291 g/mol. The molecule has 1 aliphatic carbocycles. The molecule has 1 aromatic heterocycles. The average Bonchev–Trinajstić information content (AvgIpc) is 3.08. The lowest BCUT2D eigenvalue weighted by Crippen LogP contribution is -2.33. The second-order valence-corrected chi connectivity index (χ2v) is 5.70. The van der Waals surface area contributed by atoms with Crippen molar-refractivity contribution in [1.82, 2.24) is 15.1 Å². The van der Waals surface area contributed by atoms with Gasteiger partial charge in [-0.25, -0.2) is 0 Å². The van der Waals surface area contributed by atoms with Crippen LogP contribution in [0.25, 0.3) is 0 Å². The van der Waals surface area contributed by atoms with E-state index in [0.717, 1.165) is 25.0 Å². The van der Waals surface area contributed by atoms with Gasteiger partial charge in [0.15, 0.2) is 0 Å². The summed E-state index contributed by atoms with van der Waals surface area (Å²) in [7, 11) is 0. The number of amides is 1. The highest BCUT2D eigenvalue weighted by Gasteiger charge is 2.23. The first-order chi connectivity index (χ1) is 10.1.